The van der Waals surface area contributed by atoms with Gasteiger partial charge in [-0.3, -0.25) is 0 Å². The van der Waals surface area contributed by atoms with Crippen molar-refractivity contribution in [3.8, 4) is 5.75 Å². The largest absolute Gasteiger partial charge is 0.494 e. The number of nitrogens with zero attached hydrogens (tertiary/aromatic N) is 1. The van der Waals surface area contributed by atoms with E-state index in [4.69, 9.17) is 10.5 Å². The highest BCUT2D eigenvalue weighted by atomic mass is 16.5. The molecule has 0 aromatic heterocycles. The molecule has 106 valence electrons. The summed E-state index contributed by atoms with van der Waals surface area (Å²) < 4.78 is 5.77. The van der Waals surface area contributed by atoms with Crippen molar-refractivity contribution in [1.82, 2.24) is 4.90 Å². The van der Waals surface area contributed by atoms with Crippen molar-refractivity contribution in [2.24, 2.45) is 5.92 Å². The van der Waals surface area contributed by atoms with Crippen molar-refractivity contribution >= 4 is 5.69 Å². The summed E-state index contributed by atoms with van der Waals surface area (Å²) >= 11 is 0. The number of hydrogen-bond donors (Lipinski definition) is 1. The average molecular weight is 262 g/mol. The highest BCUT2D eigenvalue weighted by Gasteiger charge is 2.14. The Balaban J connectivity index is 1.65. The standard InChI is InChI=1S/C16H26N2O/c1-13-6-9-18(10-7-13)8-3-11-19-15-4-5-16(17)14(2)12-15/h4-5,12-13H,3,6-11,17H2,1-2H3. The highest BCUT2D eigenvalue weighted by molar-refractivity contribution is 5.49. The number of rotatable bonds is 5. The van der Waals surface area contributed by atoms with E-state index in [1.165, 1.54) is 25.9 Å². The van der Waals surface area contributed by atoms with Gasteiger partial charge in [0.2, 0.25) is 0 Å². The van der Waals surface area contributed by atoms with Crippen LogP contribution in [0.25, 0.3) is 0 Å². The maximum absolute atomic E-state index is 5.79. The van der Waals surface area contributed by atoms with Crippen LogP contribution in [0.2, 0.25) is 0 Å². The lowest BCUT2D eigenvalue weighted by Crippen LogP contribution is -2.34. The quantitative estimate of drug-likeness (QED) is 0.654. The zero-order valence-corrected chi connectivity index (χ0v) is 12.2. The second kappa shape index (κ2) is 6.80. The minimum atomic E-state index is 0.787. The Morgan fingerprint density at radius 1 is 1.32 bits per heavy atom. The van der Waals surface area contributed by atoms with Gasteiger partial charge in [-0.1, -0.05) is 6.92 Å². The first-order valence-electron chi connectivity index (χ1n) is 7.36. The fourth-order valence-electron chi connectivity index (χ4n) is 2.50. The number of anilines is 1. The topological polar surface area (TPSA) is 38.5 Å². The molecular formula is C16H26N2O. The van der Waals surface area contributed by atoms with Crippen LogP contribution >= 0.6 is 0 Å². The molecule has 1 aromatic rings. The van der Waals surface area contributed by atoms with Gasteiger partial charge in [0.15, 0.2) is 0 Å². The van der Waals surface area contributed by atoms with Crippen LogP contribution < -0.4 is 10.5 Å². The Morgan fingerprint density at radius 3 is 2.74 bits per heavy atom. The highest BCUT2D eigenvalue weighted by Crippen LogP contribution is 2.19. The summed E-state index contributed by atoms with van der Waals surface area (Å²) in [4.78, 5) is 2.55. The van der Waals surface area contributed by atoms with Gasteiger partial charge in [0.1, 0.15) is 5.75 Å². The molecule has 0 spiro atoms. The number of piperidine rings is 1. The smallest absolute Gasteiger partial charge is 0.119 e. The number of nitrogen functional groups attached to an aromatic ring is 1. The second-order valence-electron chi connectivity index (χ2n) is 5.74. The number of hydrogen-bond acceptors (Lipinski definition) is 3. The van der Waals surface area contributed by atoms with Gasteiger partial charge in [-0.2, -0.15) is 0 Å². The summed E-state index contributed by atoms with van der Waals surface area (Å²) in [7, 11) is 0. The van der Waals surface area contributed by atoms with E-state index in [0.717, 1.165) is 42.5 Å². The van der Waals surface area contributed by atoms with E-state index in [0.29, 0.717) is 0 Å². The molecule has 3 heteroatoms. The molecule has 0 bridgehead atoms. The lowest BCUT2D eigenvalue weighted by Gasteiger charge is -2.30. The average Bonchev–Trinajstić information content (AvgIpc) is 2.41. The molecule has 1 heterocycles. The molecule has 1 aromatic carbocycles. The van der Waals surface area contributed by atoms with Gasteiger partial charge in [-0.25, -0.2) is 0 Å². The van der Waals surface area contributed by atoms with E-state index < -0.39 is 0 Å². The van der Waals surface area contributed by atoms with Crippen molar-refractivity contribution in [2.75, 3.05) is 32.0 Å². The number of benzene rings is 1. The second-order valence-corrected chi connectivity index (χ2v) is 5.74. The summed E-state index contributed by atoms with van der Waals surface area (Å²) in [6.07, 6.45) is 3.79. The van der Waals surface area contributed by atoms with Crippen LogP contribution in [0.3, 0.4) is 0 Å². The first-order chi connectivity index (χ1) is 9.15. The van der Waals surface area contributed by atoms with Crippen molar-refractivity contribution in [2.45, 2.75) is 33.1 Å². The molecule has 0 atom stereocenters. The number of aryl methyl sites for hydroxylation is 1. The number of nitrogens with two attached hydrogens (primary N) is 1. The zero-order valence-electron chi connectivity index (χ0n) is 12.2. The Morgan fingerprint density at radius 2 is 2.05 bits per heavy atom. The lowest BCUT2D eigenvalue weighted by molar-refractivity contribution is 0.177. The van der Waals surface area contributed by atoms with Crippen LogP contribution in [0.5, 0.6) is 5.75 Å². The van der Waals surface area contributed by atoms with Crippen LogP contribution in [-0.2, 0) is 0 Å². The Labute approximate surface area is 116 Å². The third kappa shape index (κ3) is 4.43. The zero-order chi connectivity index (χ0) is 13.7. The SMILES string of the molecule is Cc1cc(OCCCN2CCC(C)CC2)ccc1N. The maximum atomic E-state index is 5.79. The van der Waals surface area contributed by atoms with Crippen LogP contribution in [0.1, 0.15) is 31.7 Å². The van der Waals surface area contributed by atoms with Gasteiger partial charge >= 0.3 is 0 Å². The van der Waals surface area contributed by atoms with Crippen LogP contribution in [0.15, 0.2) is 18.2 Å². The molecule has 0 saturated carbocycles. The molecule has 2 N–H and O–H groups in total. The van der Waals surface area contributed by atoms with Crippen LogP contribution in [0, 0.1) is 12.8 Å². The normalized spacial score (nSPS) is 17.6. The lowest BCUT2D eigenvalue weighted by atomic mass is 9.99. The molecule has 1 aliphatic heterocycles. The summed E-state index contributed by atoms with van der Waals surface area (Å²) in [5.41, 5.74) is 7.70. The van der Waals surface area contributed by atoms with E-state index in [9.17, 15) is 0 Å². The molecule has 0 aliphatic carbocycles. The summed E-state index contributed by atoms with van der Waals surface area (Å²) in [5, 5.41) is 0. The van der Waals surface area contributed by atoms with E-state index in [-0.39, 0.29) is 0 Å². The monoisotopic (exact) mass is 262 g/mol. The molecule has 1 fully saturated rings. The Bertz CT molecular complexity index is 398. The van der Waals surface area contributed by atoms with E-state index in [2.05, 4.69) is 11.8 Å². The molecule has 0 unspecified atom stereocenters. The summed E-state index contributed by atoms with van der Waals surface area (Å²) in [6.45, 7) is 8.81. The number of ether oxygens (including phenoxy) is 1. The maximum Gasteiger partial charge on any atom is 0.119 e. The van der Waals surface area contributed by atoms with E-state index >= 15 is 0 Å². The van der Waals surface area contributed by atoms with E-state index in [1.54, 1.807) is 0 Å². The number of likely N-dealkylation sites (tertiary alicyclic amines) is 1. The first-order valence-corrected chi connectivity index (χ1v) is 7.36. The molecule has 0 amide bonds. The van der Waals surface area contributed by atoms with E-state index in [1.807, 2.05) is 25.1 Å². The Kier molecular flexibility index (Phi) is 5.08. The molecule has 1 aliphatic rings. The predicted molar refractivity (Wildman–Crippen MR) is 80.5 cm³/mol. The molecular weight excluding hydrogens is 236 g/mol. The van der Waals surface area contributed by atoms with Gasteiger partial charge < -0.3 is 15.4 Å². The fourth-order valence-corrected chi connectivity index (χ4v) is 2.50. The van der Waals surface area contributed by atoms with Crippen molar-refractivity contribution in [3.05, 3.63) is 23.8 Å². The van der Waals surface area contributed by atoms with Gasteiger partial charge in [0, 0.05) is 12.2 Å². The molecule has 1 saturated heterocycles. The van der Waals surface area contributed by atoms with Gasteiger partial charge in [-0.15, -0.1) is 0 Å². The third-order valence-corrected chi connectivity index (χ3v) is 4.00. The van der Waals surface area contributed by atoms with Crippen LogP contribution in [-0.4, -0.2) is 31.1 Å². The molecule has 2 rings (SSSR count). The van der Waals surface area contributed by atoms with Crippen molar-refractivity contribution in [3.63, 3.8) is 0 Å². The van der Waals surface area contributed by atoms with Crippen molar-refractivity contribution in [1.29, 1.82) is 0 Å². The fraction of sp³-hybridized carbons (Fsp3) is 0.625. The first kappa shape index (κ1) is 14.2. The van der Waals surface area contributed by atoms with Gasteiger partial charge in [0.05, 0.1) is 6.61 Å². The van der Waals surface area contributed by atoms with Gasteiger partial charge in [-0.05, 0) is 69.0 Å². The third-order valence-electron chi connectivity index (χ3n) is 4.00. The molecule has 3 nitrogen and oxygen atoms in total. The van der Waals surface area contributed by atoms with Crippen molar-refractivity contribution < 1.29 is 4.74 Å². The van der Waals surface area contributed by atoms with Gasteiger partial charge in [0.25, 0.3) is 0 Å². The minimum absolute atomic E-state index is 0.787. The summed E-state index contributed by atoms with van der Waals surface area (Å²) in [5.74, 6) is 1.84. The summed E-state index contributed by atoms with van der Waals surface area (Å²) in [6, 6.07) is 5.87. The van der Waals surface area contributed by atoms with Crippen LogP contribution in [0.4, 0.5) is 5.69 Å². The predicted octanol–water partition coefficient (Wildman–Crippen LogP) is 3.08. The molecule has 19 heavy (non-hydrogen) atoms. The minimum Gasteiger partial charge on any atom is -0.494 e. The Hall–Kier alpha value is -1.22. The molecule has 0 radical (unpaired) electrons.